The molecule has 10 heteroatoms. The third-order valence-corrected chi connectivity index (χ3v) is 4.62. The van der Waals surface area contributed by atoms with E-state index in [4.69, 9.17) is 9.05 Å². The van der Waals surface area contributed by atoms with Crippen LogP contribution in [-0.4, -0.2) is 54.9 Å². The second-order valence-electron chi connectivity index (χ2n) is 6.81. The Labute approximate surface area is 172 Å². The minimum atomic E-state index is 0.0111. The van der Waals surface area contributed by atoms with E-state index in [1.54, 1.807) is 11.9 Å². The highest BCUT2D eigenvalue weighted by Gasteiger charge is 2.15. The molecule has 10 nitrogen and oxygen atoms in total. The number of nitrogens with zero attached hydrogens (tertiary/aromatic N) is 6. The lowest BCUT2D eigenvalue weighted by Gasteiger charge is -2.16. The number of carbonyl (C=O) groups is 1. The summed E-state index contributed by atoms with van der Waals surface area (Å²) in [4.78, 5) is 22.2. The van der Waals surface area contributed by atoms with Crippen molar-refractivity contribution in [2.45, 2.75) is 25.7 Å². The van der Waals surface area contributed by atoms with Crippen LogP contribution in [0.15, 0.2) is 51.8 Å². The van der Waals surface area contributed by atoms with Gasteiger partial charge >= 0.3 is 0 Å². The van der Waals surface area contributed by atoms with E-state index in [1.165, 1.54) is 6.33 Å². The molecule has 0 fully saturated rings. The van der Waals surface area contributed by atoms with Crippen molar-refractivity contribution in [3.05, 3.63) is 54.4 Å². The van der Waals surface area contributed by atoms with E-state index in [0.717, 1.165) is 23.4 Å². The Morgan fingerprint density at radius 2 is 2.00 bits per heavy atom. The van der Waals surface area contributed by atoms with Crippen molar-refractivity contribution in [2.75, 3.05) is 13.6 Å². The second kappa shape index (κ2) is 9.12. The van der Waals surface area contributed by atoms with E-state index in [-0.39, 0.29) is 12.3 Å². The summed E-state index contributed by atoms with van der Waals surface area (Å²) in [6.07, 6.45) is 3.51. The summed E-state index contributed by atoms with van der Waals surface area (Å²) in [6, 6.07) is 11.8. The van der Waals surface area contributed by atoms with Crippen LogP contribution in [0.4, 0.5) is 0 Å². The van der Waals surface area contributed by atoms with Gasteiger partial charge in [0, 0.05) is 44.5 Å². The second-order valence-corrected chi connectivity index (χ2v) is 6.81. The molecule has 4 rings (SSSR count). The maximum atomic E-state index is 12.4. The van der Waals surface area contributed by atoms with Crippen LogP contribution in [0.2, 0.25) is 0 Å². The van der Waals surface area contributed by atoms with E-state index in [0.29, 0.717) is 36.9 Å². The molecule has 0 aliphatic rings. The topological polar surface area (TPSA) is 127 Å². The predicted molar refractivity (Wildman–Crippen MR) is 106 cm³/mol. The van der Waals surface area contributed by atoms with E-state index in [1.807, 2.05) is 36.4 Å². The number of carbonyl (C=O) groups excluding carboxylic acids is 1. The zero-order valence-corrected chi connectivity index (χ0v) is 16.5. The lowest BCUT2D eigenvalue weighted by Crippen LogP contribution is -2.28. The van der Waals surface area contributed by atoms with Gasteiger partial charge in [0.1, 0.15) is 17.8 Å². The number of hydrogen-bond donors (Lipinski definition) is 1. The van der Waals surface area contributed by atoms with Crippen LogP contribution in [0.3, 0.4) is 0 Å². The molecule has 0 saturated heterocycles. The molecule has 0 aliphatic carbocycles. The highest BCUT2D eigenvalue weighted by molar-refractivity contribution is 5.76. The van der Waals surface area contributed by atoms with Crippen LogP contribution >= 0.6 is 0 Å². The smallest absolute Gasteiger partial charge is 0.239 e. The monoisotopic (exact) mass is 407 g/mol. The molecule has 1 aromatic carbocycles. The lowest BCUT2D eigenvalue weighted by molar-refractivity contribution is -0.130. The number of aryl methyl sites for hydroxylation is 2. The number of aromatic amines is 1. The van der Waals surface area contributed by atoms with E-state index in [9.17, 15) is 4.79 Å². The molecule has 154 valence electrons. The number of aromatic nitrogens is 6. The predicted octanol–water partition coefficient (Wildman–Crippen LogP) is 2.53. The zero-order chi connectivity index (χ0) is 20.8. The Balaban J connectivity index is 1.20. The summed E-state index contributed by atoms with van der Waals surface area (Å²) in [6.45, 7) is 0.618. The van der Waals surface area contributed by atoms with Gasteiger partial charge in [-0.05, 0) is 6.42 Å². The van der Waals surface area contributed by atoms with Crippen molar-refractivity contribution in [1.82, 2.24) is 35.4 Å². The normalized spacial score (nSPS) is 11.0. The van der Waals surface area contributed by atoms with Gasteiger partial charge in [-0.25, -0.2) is 4.98 Å². The first kappa shape index (κ1) is 19.5. The van der Waals surface area contributed by atoms with Gasteiger partial charge in [-0.15, -0.1) is 0 Å². The molecule has 0 saturated carbocycles. The Bertz CT molecular complexity index is 1070. The van der Waals surface area contributed by atoms with Crippen molar-refractivity contribution in [3.8, 4) is 22.9 Å². The van der Waals surface area contributed by atoms with E-state index >= 15 is 0 Å². The molecular formula is C20H21N7O3. The molecule has 30 heavy (non-hydrogen) atoms. The summed E-state index contributed by atoms with van der Waals surface area (Å²) in [5.41, 5.74) is 1.84. The van der Waals surface area contributed by atoms with Gasteiger partial charge < -0.3 is 13.9 Å². The van der Waals surface area contributed by atoms with Crippen LogP contribution in [0, 0.1) is 0 Å². The lowest BCUT2D eigenvalue weighted by atomic mass is 10.1. The number of rotatable bonds is 9. The molecule has 0 unspecified atom stereocenters. The van der Waals surface area contributed by atoms with Gasteiger partial charge in [0.25, 0.3) is 0 Å². The summed E-state index contributed by atoms with van der Waals surface area (Å²) >= 11 is 0. The molecule has 3 aromatic heterocycles. The number of H-pyrrole nitrogens is 1. The fourth-order valence-corrected chi connectivity index (χ4v) is 2.96. The van der Waals surface area contributed by atoms with Gasteiger partial charge in [0.15, 0.2) is 5.82 Å². The average molecular weight is 407 g/mol. The third kappa shape index (κ3) is 4.77. The Hall–Kier alpha value is -3.82. The molecule has 0 spiro atoms. The summed E-state index contributed by atoms with van der Waals surface area (Å²) in [5, 5.41) is 14.3. The summed E-state index contributed by atoms with van der Waals surface area (Å²) in [5.74, 6) is 1.96. The van der Waals surface area contributed by atoms with Crippen LogP contribution in [0.5, 0.6) is 0 Å². The molecule has 1 amide bonds. The van der Waals surface area contributed by atoms with Gasteiger partial charge in [-0.2, -0.15) is 10.1 Å². The molecule has 4 aromatic rings. The van der Waals surface area contributed by atoms with Crippen LogP contribution in [0.25, 0.3) is 22.9 Å². The van der Waals surface area contributed by atoms with Crippen molar-refractivity contribution in [1.29, 1.82) is 0 Å². The fraction of sp³-hybridized carbons (Fsp3) is 0.300. The third-order valence-electron chi connectivity index (χ3n) is 4.62. The average Bonchev–Trinajstić information content (AvgIpc) is 3.54. The van der Waals surface area contributed by atoms with Gasteiger partial charge in [0.2, 0.25) is 17.6 Å². The van der Waals surface area contributed by atoms with Crippen molar-refractivity contribution < 1.29 is 13.8 Å². The SMILES string of the molecule is CN(CCCc1cc(-c2ccccc2)no1)C(=O)CCc1nc(-c2ncn[nH]2)no1. The molecular weight excluding hydrogens is 386 g/mol. The number of benzene rings is 1. The quantitative estimate of drug-likeness (QED) is 0.448. The molecule has 0 atom stereocenters. The van der Waals surface area contributed by atoms with Crippen LogP contribution < -0.4 is 0 Å². The summed E-state index contributed by atoms with van der Waals surface area (Å²) in [7, 11) is 1.78. The highest BCUT2D eigenvalue weighted by atomic mass is 16.5. The van der Waals surface area contributed by atoms with Crippen LogP contribution in [-0.2, 0) is 17.6 Å². The molecule has 1 N–H and O–H groups in total. The van der Waals surface area contributed by atoms with Gasteiger partial charge in [-0.3, -0.25) is 9.89 Å². The maximum Gasteiger partial charge on any atom is 0.239 e. The maximum absolute atomic E-state index is 12.4. The standard InChI is InChI=1S/C20H21N7O3/c1-27(11-5-8-15-12-16(25-29-15)14-6-3-2-4-7-14)18(28)10-9-17-23-20(26-30-17)19-21-13-22-24-19/h2-4,6-7,12-13H,5,8-11H2,1H3,(H,21,22,24). The fourth-order valence-electron chi connectivity index (χ4n) is 2.96. The largest absolute Gasteiger partial charge is 0.361 e. The molecule has 0 bridgehead atoms. The summed E-state index contributed by atoms with van der Waals surface area (Å²) < 4.78 is 10.6. The van der Waals surface area contributed by atoms with Crippen molar-refractivity contribution in [3.63, 3.8) is 0 Å². The molecule has 3 heterocycles. The Morgan fingerprint density at radius 1 is 1.13 bits per heavy atom. The minimum absolute atomic E-state index is 0.0111. The first-order chi connectivity index (χ1) is 14.7. The van der Waals surface area contributed by atoms with Crippen molar-refractivity contribution >= 4 is 5.91 Å². The molecule has 0 aliphatic heterocycles. The number of amides is 1. The van der Waals surface area contributed by atoms with E-state index < -0.39 is 0 Å². The van der Waals surface area contributed by atoms with Gasteiger partial charge in [0.05, 0.1) is 0 Å². The Kier molecular flexibility index (Phi) is 5.93. The number of nitrogens with one attached hydrogen (secondary N) is 1. The first-order valence-corrected chi connectivity index (χ1v) is 9.62. The zero-order valence-electron chi connectivity index (χ0n) is 16.5. The molecule has 0 radical (unpaired) electrons. The van der Waals surface area contributed by atoms with Crippen molar-refractivity contribution in [2.24, 2.45) is 0 Å². The minimum Gasteiger partial charge on any atom is -0.361 e. The Morgan fingerprint density at radius 3 is 2.80 bits per heavy atom. The van der Waals surface area contributed by atoms with Crippen LogP contribution in [0.1, 0.15) is 24.5 Å². The van der Waals surface area contributed by atoms with E-state index in [2.05, 4.69) is 30.5 Å². The number of hydrogen-bond acceptors (Lipinski definition) is 8. The van der Waals surface area contributed by atoms with Gasteiger partial charge in [-0.1, -0.05) is 40.6 Å². The highest BCUT2D eigenvalue weighted by Crippen LogP contribution is 2.19. The first-order valence-electron chi connectivity index (χ1n) is 9.62.